The van der Waals surface area contributed by atoms with Crippen molar-refractivity contribution in [1.29, 1.82) is 5.26 Å². The molecule has 0 saturated carbocycles. The zero-order chi connectivity index (χ0) is 15.6. The molecule has 0 aromatic heterocycles. The molecule has 2 aromatic rings. The highest BCUT2D eigenvalue weighted by Gasteiger charge is 2.18. The fourth-order valence-corrected chi connectivity index (χ4v) is 3.28. The normalized spacial score (nSPS) is 11.0. The lowest BCUT2D eigenvalue weighted by molar-refractivity contribution is 0.600. The summed E-state index contributed by atoms with van der Waals surface area (Å²) in [4.78, 5) is 0.00321. The van der Waals surface area contributed by atoms with Gasteiger partial charge >= 0.3 is 0 Å². The molecule has 2 rings (SSSR count). The number of anilines is 1. The van der Waals surface area contributed by atoms with Gasteiger partial charge in [-0.3, -0.25) is 4.72 Å². The van der Waals surface area contributed by atoms with Crippen LogP contribution in [0.4, 0.5) is 10.1 Å². The average Bonchev–Trinajstić information content (AvgIpc) is 2.37. The summed E-state index contributed by atoms with van der Waals surface area (Å²) in [5, 5.41) is 8.87. The summed E-state index contributed by atoms with van der Waals surface area (Å²) < 4.78 is 40.4. The first-order valence-corrected chi connectivity index (χ1v) is 7.61. The maximum absolute atomic E-state index is 13.3. The summed E-state index contributed by atoms with van der Waals surface area (Å²) in [6, 6.07) is 10.2. The third kappa shape index (κ3) is 3.38. The van der Waals surface area contributed by atoms with Crippen LogP contribution < -0.4 is 4.72 Å². The molecule has 0 aliphatic rings. The standard InChI is InChI=1S/C15H13FN2O2S/c1-10-5-13(16)8-14(6-10)18-21(19,20)15-7-12(9-17)4-3-11(15)2/h3-8,18H,1-2H3. The second kappa shape index (κ2) is 5.54. The van der Waals surface area contributed by atoms with Crippen molar-refractivity contribution in [3.8, 4) is 6.07 Å². The molecule has 6 heteroatoms. The molecule has 0 amide bonds. The molecule has 4 nitrogen and oxygen atoms in total. The Morgan fingerprint density at radius 2 is 1.86 bits per heavy atom. The number of hydrogen-bond acceptors (Lipinski definition) is 3. The Hall–Kier alpha value is -2.39. The molecule has 0 fully saturated rings. The van der Waals surface area contributed by atoms with Gasteiger partial charge in [0.2, 0.25) is 0 Å². The Labute approximate surface area is 122 Å². The van der Waals surface area contributed by atoms with Crippen molar-refractivity contribution in [2.45, 2.75) is 18.7 Å². The fourth-order valence-electron chi connectivity index (χ4n) is 1.96. The predicted octanol–water partition coefficient (Wildman–Crippen LogP) is 3.12. The number of halogens is 1. The SMILES string of the molecule is Cc1cc(F)cc(NS(=O)(=O)c2cc(C#N)ccc2C)c1. The largest absolute Gasteiger partial charge is 0.280 e. The predicted molar refractivity (Wildman–Crippen MR) is 77.8 cm³/mol. The van der Waals surface area contributed by atoms with Crippen molar-refractivity contribution in [1.82, 2.24) is 0 Å². The third-order valence-electron chi connectivity index (χ3n) is 2.90. The smallest absolute Gasteiger partial charge is 0.262 e. The molecule has 0 atom stereocenters. The van der Waals surface area contributed by atoms with Gasteiger partial charge in [-0.2, -0.15) is 5.26 Å². The summed E-state index contributed by atoms with van der Waals surface area (Å²) in [6.45, 7) is 3.30. The molecule has 108 valence electrons. The molecule has 1 N–H and O–H groups in total. The minimum Gasteiger partial charge on any atom is -0.280 e. The van der Waals surface area contributed by atoms with Gasteiger partial charge in [-0.05, 0) is 55.3 Å². The molecular weight excluding hydrogens is 291 g/mol. The van der Waals surface area contributed by atoms with Crippen LogP contribution in [0, 0.1) is 31.0 Å². The van der Waals surface area contributed by atoms with Crippen molar-refractivity contribution in [3.05, 3.63) is 58.9 Å². The Kier molecular flexibility index (Phi) is 3.96. The maximum atomic E-state index is 13.3. The maximum Gasteiger partial charge on any atom is 0.262 e. The van der Waals surface area contributed by atoms with E-state index in [4.69, 9.17) is 5.26 Å². The third-order valence-corrected chi connectivity index (χ3v) is 4.42. The number of aryl methyl sites for hydroxylation is 2. The van der Waals surface area contributed by atoms with Crippen LogP contribution in [0.15, 0.2) is 41.3 Å². The first-order chi connectivity index (χ1) is 9.81. The van der Waals surface area contributed by atoms with Gasteiger partial charge in [-0.1, -0.05) is 6.07 Å². The molecule has 0 heterocycles. The second-order valence-corrected chi connectivity index (χ2v) is 6.37. The molecule has 0 aliphatic heterocycles. The van der Waals surface area contributed by atoms with Crippen LogP contribution in [-0.2, 0) is 10.0 Å². The lowest BCUT2D eigenvalue weighted by atomic mass is 10.2. The van der Waals surface area contributed by atoms with Crippen molar-refractivity contribution in [2.75, 3.05) is 4.72 Å². The Morgan fingerprint density at radius 3 is 2.48 bits per heavy atom. The lowest BCUT2D eigenvalue weighted by Crippen LogP contribution is -2.14. The number of rotatable bonds is 3. The number of benzene rings is 2. The van der Waals surface area contributed by atoms with Crippen LogP contribution in [0.25, 0.3) is 0 Å². The summed E-state index contributed by atoms with van der Waals surface area (Å²) in [5.41, 5.74) is 1.51. The highest BCUT2D eigenvalue weighted by atomic mass is 32.2. The van der Waals surface area contributed by atoms with Crippen LogP contribution in [0.2, 0.25) is 0 Å². The lowest BCUT2D eigenvalue weighted by Gasteiger charge is -2.11. The summed E-state index contributed by atoms with van der Waals surface area (Å²) in [6.07, 6.45) is 0. The highest BCUT2D eigenvalue weighted by Crippen LogP contribution is 2.22. The van der Waals surface area contributed by atoms with Crippen LogP contribution in [0.3, 0.4) is 0 Å². The first kappa shape index (κ1) is 15.0. The molecule has 21 heavy (non-hydrogen) atoms. The quantitative estimate of drug-likeness (QED) is 0.947. The zero-order valence-corrected chi connectivity index (χ0v) is 12.3. The fraction of sp³-hybridized carbons (Fsp3) is 0.133. The Morgan fingerprint density at radius 1 is 1.14 bits per heavy atom. The van der Waals surface area contributed by atoms with Crippen LogP contribution in [0.1, 0.15) is 16.7 Å². The minimum absolute atomic E-state index is 0.00321. The molecule has 0 bridgehead atoms. The van der Waals surface area contributed by atoms with E-state index in [1.807, 2.05) is 6.07 Å². The molecule has 0 unspecified atom stereocenters. The first-order valence-electron chi connectivity index (χ1n) is 6.12. The van der Waals surface area contributed by atoms with Crippen molar-refractivity contribution >= 4 is 15.7 Å². The van der Waals surface area contributed by atoms with Gasteiger partial charge in [0.15, 0.2) is 0 Å². The van der Waals surface area contributed by atoms with Gasteiger partial charge in [-0.15, -0.1) is 0 Å². The van der Waals surface area contributed by atoms with E-state index >= 15 is 0 Å². The molecular formula is C15H13FN2O2S. The molecule has 0 spiro atoms. The summed E-state index contributed by atoms with van der Waals surface area (Å²) in [5.74, 6) is -0.518. The average molecular weight is 304 g/mol. The van der Waals surface area contributed by atoms with Gasteiger partial charge in [0.1, 0.15) is 5.82 Å². The number of hydrogen-bond donors (Lipinski definition) is 1. The van der Waals surface area contributed by atoms with E-state index in [9.17, 15) is 12.8 Å². The highest BCUT2D eigenvalue weighted by molar-refractivity contribution is 7.92. The number of nitriles is 1. The van der Waals surface area contributed by atoms with Gasteiger partial charge in [0, 0.05) is 0 Å². The Bertz CT molecular complexity index is 819. The van der Waals surface area contributed by atoms with Crippen LogP contribution in [-0.4, -0.2) is 8.42 Å². The molecule has 0 radical (unpaired) electrons. The van der Waals surface area contributed by atoms with E-state index in [1.165, 1.54) is 18.2 Å². The summed E-state index contributed by atoms with van der Waals surface area (Å²) >= 11 is 0. The number of sulfonamides is 1. The minimum atomic E-state index is -3.88. The van der Waals surface area contributed by atoms with Gasteiger partial charge in [0.25, 0.3) is 10.0 Å². The molecule has 0 saturated heterocycles. The van der Waals surface area contributed by atoms with Gasteiger partial charge < -0.3 is 0 Å². The second-order valence-electron chi connectivity index (χ2n) is 4.71. The van der Waals surface area contributed by atoms with Crippen LogP contribution >= 0.6 is 0 Å². The number of nitrogens with one attached hydrogen (secondary N) is 1. The van der Waals surface area contributed by atoms with Gasteiger partial charge in [0.05, 0.1) is 22.2 Å². The van der Waals surface area contributed by atoms with Gasteiger partial charge in [-0.25, -0.2) is 12.8 Å². The van der Waals surface area contributed by atoms with E-state index in [-0.39, 0.29) is 16.1 Å². The van der Waals surface area contributed by atoms with Crippen LogP contribution in [0.5, 0.6) is 0 Å². The van der Waals surface area contributed by atoms with E-state index in [0.717, 1.165) is 6.07 Å². The zero-order valence-electron chi connectivity index (χ0n) is 11.5. The van der Waals surface area contributed by atoms with E-state index in [2.05, 4.69) is 4.72 Å². The van der Waals surface area contributed by atoms with E-state index in [0.29, 0.717) is 11.1 Å². The number of nitrogens with zero attached hydrogens (tertiary/aromatic N) is 1. The summed E-state index contributed by atoms with van der Waals surface area (Å²) in [7, 11) is -3.88. The monoisotopic (exact) mass is 304 g/mol. The van der Waals surface area contributed by atoms with Crippen molar-refractivity contribution in [2.24, 2.45) is 0 Å². The van der Waals surface area contributed by atoms with Crippen molar-refractivity contribution < 1.29 is 12.8 Å². The van der Waals surface area contributed by atoms with E-state index in [1.54, 1.807) is 26.0 Å². The van der Waals surface area contributed by atoms with Crippen molar-refractivity contribution in [3.63, 3.8) is 0 Å². The Balaban J connectivity index is 2.45. The van der Waals surface area contributed by atoms with E-state index < -0.39 is 15.8 Å². The molecule has 2 aromatic carbocycles. The molecule has 0 aliphatic carbocycles. The topological polar surface area (TPSA) is 70.0 Å².